The largest absolute Gasteiger partial charge is 0.485 e. The molecule has 0 saturated heterocycles. The maximum atomic E-state index is 14.1. The van der Waals surface area contributed by atoms with Gasteiger partial charge in [-0.25, -0.2) is 14.4 Å². The van der Waals surface area contributed by atoms with Gasteiger partial charge < -0.3 is 15.4 Å². The molecule has 0 aliphatic carbocycles. The first-order valence-corrected chi connectivity index (χ1v) is 9.39. The van der Waals surface area contributed by atoms with E-state index in [0.717, 1.165) is 6.07 Å². The third kappa shape index (κ3) is 5.36. The number of nitrogens with one attached hydrogen (secondary N) is 2. The fourth-order valence-electron chi connectivity index (χ4n) is 2.56. The minimum Gasteiger partial charge on any atom is -0.485 e. The SMILES string of the molecule is O=C(NCCOc1cc2ncnc(Nc3ccc(Br)cc3F)c2cc1[N+](=O)[O-])C(F)F. The van der Waals surface area contributed by atoms with Crippen molar-refractivity contribution in [3.8, 4) is 5.75 Å². The highest BCUT2D eigenvalue weighted by Gasteiger charge is 2.20. The van der Waals surface area contributed by atoms with E-state index < -0.39 is 28.8 Å². The molecular formula is C18H13BrF3N5O4. The number of carbonyl (C=O) groups is 1. The monoisotopic (exact) mass is 499 g/mol. The molecule has 0 fully saturated rings. The van der Waals surface area contributed by atoms with Gasteiger partial charge in [-0.3, -0.25) is 14.9 Å². The van der Waals surface area contributed by atoms with Crippen molar-refractivity contribution in [1.29, 1.82) is 0 Å². The molecule has 1 amide bonds. The maximum Gasteiger partial charge on any atom is 0.315 e. The standard InChI is InChI=1S/C18H13BrF3N5O4/c19-9-1-2-12(11(20)5-9)26-17-10-6-14(27(29)30)15(7-13(10)24-8-25-17)31-4-3-23-18(28)16(21)22/h1-2,5-8,16H,3-4H2,(H,23,28)(H,24,25,26). The van der Waals surface area contributed by atoms with Crippen molar-refractivity contribution in [2.24, 2.45) is 0 Å². The van der Waals surface area contributed by atoms with Crippen LogP contribution in [-0.4, -0.2) is 40.4 Å². The van der Waals surface area contributed by atoms with Crippen LogP contribution in [0.2, 0.25) is 0 Å². The van der Waals surface area contributed by atoms with E-state index in [2.05, 4.69) is 31.2 Å². The Morgan fingerprint density at radius 3 is 2.71 bits per heavy atom. The first-order valence-electron chi connectivity index (χ1n) is 8.60. The second-order valence-corrected chi connectivity index (χ2v) is 6.92. The van der Waals surface area contributed by atoms with Gasteiger partial charge in [-0.05, 0) is 18.2 Å². The van der Waals surface area contributed by atoms with Crippen molar-refractivity contribution in [2.75, 3.05) is 18.5 Å². The Bertz CT molecular complexity index is 1150. The highest BCUT2D eigenvalue weighted by Crippen LogP contribution is 2.35. The van der Waals surface area contributed by atoms with Gasteiger partial charge in [-0.1, -0.05) is 15.9 Å². The van der Waals surface area contributed by atoms with Crippen LogP contribution in [0.5, 0.6) is 5.75 Å². The van der Waals surface area contributed by atoms with Gasteiger partial charge in [-0.15, -0.1) is 0 Å². The summed E-state index contributed by atoms with van der Waals surface area (Å²) >= 11 is 3.15. The lowest BCUT2D eigenvalue weighted by Crippen LogP contribution is -2.32. The number of benzene rings is 2. The van der Waals surface area contributed by atoms with Gasteiger partial charge in [-0.2, -0.15) is 8.78 Å². The highest BCUT2D eigenvalue weighted by molar-refractivity contribution is 9.10. The Labute approximate surface area is 180 Å². The summed E-state index contributed by atoms with van der Waals surface area (Å²) in [6.45, 7) is -0.567. The lowest BCUT2D eigenvalue weighted by Gasteiger charge is -2.12. The molecule has 3 aromatic rings. The van der Waals surface area contributed by atoms with Gasteiger partial charge in [0.15, 0.2) is 5.75 Å². The van der Waals surface area contributed by atoms with Crippen LogP contribution in [0.4, 0.5) is 30.4 Å². The zero-order valence-corrected chi connectivity index (χ0v) is 17.0. The molecule has 0 aliphatic rings. The van der Waals surface area contributed by atoms with Crippen LogP contribution >= 0.6 is 15.9 Å². The summed E-state index contributed by atoms with van der Waals surface area (Å²) in [5.41, 5.74) is -0.0880. The minimum absolute atomic E-state index is 0.0981. The third-order valence-electron chi connectivity index (χ3n) is 3.95. The second kappa shape index (κ2) is 9.55. The van der Waals surface area contributed by atoms with E-state index in [1.807, 2.05) is 5.32 Å². The van der Waals surface area contributed by atoms with Crippen molar-refractivity contribution in [2.45, 2.75) is 6.43 Å². The number of rotatable bonds is 8. The van der Waals surface area contributed by atoms with Gasteiger partial charge in [0.2, 0.25) is 0 Å². The molecule has 9 nitrogen and oxygen atoms in total. The Morgan fingerprint density at radius 1 is 1.26 bits per heavy atom. The summed E-state index contributed by atoms with van der Waals surface area (Å²) < 4.78 is 44.3. The van der Waals surface area contributed by atoms with Gasteiger partial charge in [0.1, 0.15) is 24.6 Å². The summed E-state index contributed by atoms with van der Waals surface area (Å²) in [6, 6.07) is 6.74. The van der Waals surface area contributed by atoms with Crippen molar-refractivity contribution in [3.63, 3.8) is 0 Å². The molecule has 1 heterocycles. The van der Waals surface area contributed by atoms with Gasteiger partial charge in [0, 0.05) is 16.6 Å². The van der Waals surface area contributed by atoms with E-state index in [1.54, 1.807) is 6.07 Å². The number of aromatic nitrogens is 2. The van der Waals surface area contributed by atoms with Crippen LogP contribution in [0.25, 0.3) is 10.9 Å². The topological polar surface area (TPSA) is 119 Å². The molecule has 0 radical (unpaired) electrons. The quantitative estimate of drug-likeness (QED) is 0.273. The van der Waals surface area contributed by atoms with Gasteiger partial charge in [0.05, 0.1) is 28.1 Å². The van der Waals surface area contributed by atoms with E-state index in [0.29, 0.717) is 4.47 Å². The molecule has 0 atom stereocenters. The zero-order valence-electron chi connectivity index (χ0n) is 15.4. The highest BCUT2D eigenvalue weighted by atomic mass is 79.9. The molecule has 0 unspecified atom stereocenters. The number of anilines is 2. The van der Waals surface area contributed by atoms with Crippen LogP contribution in [-0.2, 0) is 4.79 Å². The van der Waals surface area contributed by atoms with Crippen LogP contribution in [0, 0.1) is 15.9 Å². The predicted molar refractivity (Wildman–Crippen MR) is 108 cm³/mol. The Balaban J connectivity index is 1.88. The third-order valence-corrected chi connectivity index (χ3v) is 4.45. The molecule has 1 aromatic heterocycles. The smallest absolute Gasteiger partial charge is 0.315 e. The summed E-state index contributed by atoms with van der Waals surface area (Å²) in [6.07, 6.45) is -1.99. The normalized spacial score (nSPS) is 10.9. The number of halogens is 4. The van der Waals surface area contributed by atoms with Crippen LogP contribution < -0.4 is 15.4 Å². The molecule has 0 spiro atoms. The number of alkyl halides is 2. The number of nitro benzene ring substituents is 1. The number of hydrogen-bond donors (Lipinski definition) is 2. The first-order chi connectivity index (χ1) is 14.8. The van der Waals surface area contributed by atoms with Gasteiger partial charge >= 0.3 is 12.1 Å². The molecule has 31 heavy (non-hydrogen) atoms. The molecule has 0 bridgehead atoms. The minimum atomic E-state index is -3.17. The predicted octanol–water partition coefficient (Wildman–Crippen LogP) is 3.94. The molecule has 2 N–H and O–H groups in total. The van der Waals surface area contributed by atoms with E-state index in [9.17, 15) is 28.1 Å². The Morgan fingerprint density at radius 2 is 2.03 bits per heavy atom. The molecule has 13 heteroatoms. The van der Waals surface area contributed by atoms with E-state index >= 15 is 0 Å². The molecule has 0 saturated carbocycles. The molecule has 0 aliphatic heterocycles. The number of nitrogens with zero attached hydrogens (tertiary/aromatic N) is 3. The number of fused-ring (bicyclic) bond motifs is 1. The van der Waals surface area contributed by atoms with Crippen molar-refractivity contribution >= 4 is 49.9 Å². The van der Waals surface area contributed by atoms with Crippen LogP contribution in [0.1, 0.15) is 0 Å². The summed E-state index contributed by atoms with van der Waals surface area (Å²) in [7, 11) is 0. The van der Waals surface area contributed by atoms with Crippen molar-refractivity contribution < 1.29 is 27.6 Å². The lowest BCUT2D eigenvalue weighted by molar-refractivity contribution is -0.385. The van der Waals surface area contributed by atoms with Crippen LogP contribution in [0.15, 0.2) is 41.1 Å². The lowest BCUT2D eigenvalue weighted by atomic mass is 10.2. The Kier molecular flexibility index (Phi) is 6.84. The number of nitro groups is 1. The number of hydrogen-bond acceptors (Lipinski definition) is 7. The fraction of sp³-hybridized carbons (Fsp3) is 0.167. The first kappa shape index (κ1) is 22.2. The molecule has 162 valence electrons. The number of carbonyl (C=O) groups excluding carboxylic acids is 1. The van der Waals surface area contributed by atoms with Gasteiger partial charge in [0.25, 0.3) is 5.91 Å². The van der Waals surface area contributed by atoms with Crippen molar-refractivity contribution in [3.05, 3.63) is 57.1 Å². The summed E-state index contributed by atoms with van der Waals surface area (Å²) in [4.78, 5) is 29.7. The molecular weight excluding hydrogens is 487 g/mol. The Hall–Kier alpha value is -3.48. The molecule has 2 aromatic carbocycles. The number of amides is 1. The summed E-state index contributed by atoms with van der Waals surface area (Å²) in [5, 5.41) is 16.4. The average molecular weight is 500 g/mol. The number of ether oxygens (including phenoxy) is 1. The van der Waals surface area contributed by atoms with E-state index in [4.69, 9.17) is 4.74 Å². The van der Waals surface area contributed by atoms with Crippen LogP contribution in [0.3, 0.4) is 0 Å². The second-order valence-electron chi connectivity index (χ2n) is 6.01. The summed E-state index contributed by atoms with van der Waals surface area (Å²) in [5.74, 6) is -2.09. The fourth-order valence-corrected chi connectivity index (χ4v) is 2.89. The maximum absolute atomic E-state index is 14.1. The molecule has 3 rings (SSSR count). The van der Waals surface area contributed by atoms with E-state index in [1.165, 1.54) is 24.5 Å². The average Bonchev–Trinajstić information content (AvgIpc) is 2.72. The van der Waals surface area contributed by atoms with Crippen molar-refractivity contribution in [1.82, 2.24) is 15.3 Å². The van der Waals surface area contributed by atoms with E-state index in [-0.39, 0.29) is 41.3 Å². The zero-order chi connectivity index (χ0) is 22.5.